The molecule has 138 valence electrons. The predicted octanol–water partition coefficient (Wildman–Crippen LogP) is 3.83. The molecule has 0 fully saturated rings. The molecule has 2 heterocycles. The number of aliphatic hydroxyl groups excluding tert-OH is 1. The number of hydrogen-bond donors (Lipinski definition) is 1. The lowest BCUT2D eigenvalue weighted by Crippen LogP contribution is -2.22. The molecule has 1 aromatic heterocycles. The van der Waals surface area contributed by atoms with Crippen LogP contribution in [0.5, 0.6) is 0 Å². The van der Waals surface area contributed by atoms with Crippen molar-refractivity contribution in [2.45, 2.75) is 25.7 Å². The maximum absolute atomic E-state index is 13.9. The standard InChI is InChI=1S/C20H19FN4O2/c1-13(16-9-5-6-10-17(16)21)27-12-15-11-18(26)25-20(22-15)23-19(24-25)14-7-3-2-4-8-14/h2-10,13,18,26H,11-12H2,1H3. The van der Waals surface area contributed by atoms with Crippen LogP contribution in [0.15, 0.2) is 59.6 Å². The SMILES string of the molecule is CC(OCC1=Nc2nc(-c3ccccc3)nn2C(O)C1)c1ccccc1F. The maximum atomic E-state index is 13.9. The van der Waals surface area contributed by atoms with Crippen molar-refractivity contribution in [1.82, 2.24) is 14.8 Å². The van der Waals surface area contributed by atoms with Gasteiger partial charge in [0.2, 0.25) is 0 Å². The summed E-state index contributed by atoms with van der Waals surface area (Å²) in [6.45, 7) is 1.97. The van der Waals surface area contributed by atoms with Crippen LogP contribution in [0.2, 0.25) is 0 Å². The Morgan fingerprint density at radius 1 is 1.19 bits per heavy atom. The van der Waals surface area contributed by atoms with E-state index >= 15 is 0 Å². The van der Waals surface area contributed by atoms with Gasteiger partial charge in [-0.3, -0.25) is 0 Å². The first-order chi connectivity index (χ1) is 13.1. The Morgan fingerprint density at radius 2 is 1.93 bits per heavy atom. The average molecular weight is 366 g/mol. The Balaban J connectivity index is 1.51. The van der Waals surface area contributed by atoms with Crippen LogP contribution in [0.4, 0.5) is 10.3 Å². The number of rotatable bonds is 5. The zero-order valence-corrected chi connectivity index (χ0v) is 14.8. The predicted molar refractivity (Wildman–Crippen MR) is 99.2 cm³/mol. The van der Waals surface area contributed by atoms with E-state index in [9.17, 15) is 9.50 Å². The summed E-state index contributed by atoms with van der Waals surface area (Å²) in [7, 11) is 0. The van der Waals surface area contributed by atoms with E-state index in [4.69, 9.17) is 4.74 Å². The lowest BCUT2D eigenvalue weighted by molar-refractivity contribution is 0.0770. The van der Waals surface area contributed by atoms with Gasteiger partial charge >= 0.3 is 0 Å². The van der Waals surface area contributed by atoms with Gasteiger partial charge in [0.05, 0.1) is 18.4 Å². The minimum atomic E-state index is -0.857. The monoisotopic (exact) mass is 366 g/mol. The molecule has 0 radical (unpaired) electrons. The molecule has 0 spiro atoms. The van der Waals surface area contributed by atoms with E-state index in [0.717, 1.165) is 5.56 Å². The molecule has 2 atom stereocenters. The fourth-order valence-electron chi connectivity index (χ4n) is 2.99. The summed E-state index contributed by atoms with van der Waals surface area (Å²) < 4.78 is 21.0. The highest BCUT2D eigenvalue weighted by Gasteiger charge is 2.24. The van der Waals surface area contributed by atoms with Crippen molar-refractivity contribution >= 4 is 11.7 Å². The summed E-state index contributed by atoms with van der Waals surface area (Å²) in [5.74, 6) is 0.544. The summed E-state index contributed by atoms with van der Waals surface area (Å²) >= 11 is 0. The van der Waals surface area contributed by atoms with E-state index in [-0.39, 0.29) is 18.8 Å². The second-order valence-electron chi connectivity index (χ2n) is 6.38. The summed E-state index contributed by atoms with van der Waals surface area (Å²) in [6.07, 6.45) is -0.996. The van der Waals surface area contributed by atoms with Gasteiger partial charge in [0, 0.05) is 17.5 Å². The molecule has 0 saturated heterocycles. The summed E-state index contributed by atoms with van der Waals surface area (Å²) in [6, 6.07) is 16.0. The molecular formula is C20H19FN4O2. The smallest absolute Gasteiger partial charge is 0.250 e. The van der Waals surface area contributed by atoms with Crippen LogP contribution < -0.4 is 0 Å². The van der Waals surface area contributed by atoms with Gasteiger partial charge in [-0.15, -0.1) is 5.10 Å². The van der Waals surface area contributed by atoms with E-state index < -0.39 is 12.3 Å². The number of ether oxygens (including phenoxy) is 1. The van der Waals surface area contributed by atoms with Gasteiger partial charge in [-0.1, -0.05) is 48.5 Å². The Bertz CT molecular complexity index is 971. The van der Waals surface area contributed by atoms with Gasteiger partial charge in [-0.2, -0.15) is 4.98 Å². The van der Waals surface area contributed by atoms with E-state index in [2.05, 4.69) is 15.1 Å². The summed E-state index contributed by atoms with van der Waals surface area (Å²) in [5, 5.41) is 14.7. The van der Waals surface area contributed by atoms with Gasteiger partial charge in [0.25, 0.3) is 5.95 Å². The second kappa shape index (κ2) is 7.38. The quantitative estimate of drug-likeness (QED) is 0.745. The van der Waals surface area contributed by atoms with Crippen LogP contribution in [0, 0.1) is 5.82 Å². The largest absolute Gasteiger partial charge is 0.371 e. The third-order valence-electron chi connectivity index (χ3n) is 4.45. The van der Waals surface area contributed by atoms with Crippen molar-refractivity contribution in [3.05, 3.63) is 66.0 Å². The Hall–Kier alpha value is -2.90. The molecule has 3 aromatic rings. The highest BCUT2D eigenvalue weighted by atomic mass is 19.1. The first kappa shape index (κ1) is 17.5. The minimum Gasteiger partial charge on any atom is -0.371 e. The van der Waals surface area contributed by atoms with E-state index in [1.165, 1.54) is 10.7 Å². The van der Waals surface area contributed by atoms with Crippen LogP contribution in [-0.4, -0.2) is 32.2 Å². The molecule has 0 bridgehead atoms. The number of fused-ring (bicyclic) bond motifs is 1. The zero-order chi connectivity index (χ0) is 18.8. The second-order valence-corrected chi connectivity index (χ2v) is 6.38. The third-order valence-corrected chi connectivity index (χ3v) is 4.45. The lowest BCUT2D eigenvalue weighted by Gasteiger charge is -2.20. The number of aliphatic imine (C=N–C) groups is 1. The lowest BCUT2D eigenvalue weighted by atomic mass is 10.1. The van der Waals surface area contributed by atoms with E-state index in [1.807, 2.05) is 30.3 Å². The van der Waals surface area contributed by atoms with Crippen LogP contribution >= 0.6 is 0 Å². The van der Waals surface area contributed by atoms with E-state index in [1.54, 1.807) is 25.1 Å². The van der Waals surface area contributed by atoms with Crippen molar-refractivity contribution in [3.63, 3.8) is 0 Å². The maximum Gasteiger partial charge on any atom is 0.250 e. The molecule has 1 aliphatic heterocycles. The number of benzene rings is 2. The Morgan fingerprint density at radius 3 is 2.70 bits per heavy atom. The molecule has 27 heavy (non-hydrogen) atoms. The molecule has 1 aliphatic rings. The topological polar surface area (TPSA) is 72.5 Å². The number of aliphatic hydroxyl groups is 1. The molecule has 2 aromatic carbocycles. The van der Waals surface area contributed by atoms with Crippen molar-refractivity contribution in [3.8, 4) is 11.4 Å². The molecule has 1 N–H and O–H groups in total. The first-order valence-electron chi connectivity index (χ1n) is 8.74. The number of hydrogen-bond acceptors (Lipinski definition) is 5. The van der Waals surface area contributed by atoms with Crippen molar-refractivity contribution in [2.24, 2.45) is 4.99 Å². The molecule has 4 rings (SSSR count). The minimum absolute atomic E-state index is 0.181. The normalized spacial score (nSPS) is 17.3. The third kappa shape index (κ3) is 3.65. The molecular weight excluding hydrogens is 347 g/mol. The van der Waals surface area contributed by atoms with Gasteiger partial charge in [-0.25, -0.2) is 14.1 Å². The zero-order valence-electron chi connectivity index (χ0n) is 14.8. The first-order valence-corrected chi connectivity index (χ1v) is 8.74. The van der Waals surface area contributed by atoms with Crippen molar-refractivity contribution in [2.75, 3.05) is 6.61 Å². The summed E-state index contributed by atoms with van der Waals surface area (Å²) in [4.78, 5) is 8.87. The number of nitrogens with zero attached hydrogens (tertiary/aromatic N) is 4. The van der Waals surface area contributed by atoms with Gasteiger partial charge in [0.1, 0.15) is 5.82 Å². The fourth-order valence-corrected chi connectivity index (χ4v) is 2.99. The van der Waals surface area contributed by atoms with Gasteiger partial charge < -0.3 is 9.84 Å². The molecule has 6 nitrogen and oxygen atoms in total. The number of aromatic nitrogens is 3. The highest BCUT2D eigenvalue weighted by molar-refractivity contribution is 5.88. The van der Waals surface area contributed by atoms with E-state index in [0.29, 0.717) is 23.0 Å². The molecule has 0 saturated carbocycles. The van der Waals surface area contributed by atoms with Gasteiger partial charge in [-0.05, 0) is 13.0 Å². The van der Waals surface area contributed by atoms with Crippen LogP contribution in [0.1, 0.15) is 31.2 Å². The van der Waals surface area contributed by atoms with Crippen LogP contribution in [-0.2, 0) is 4.74 Å². The van der Waals surface area contributed by atoms with Crippen LogP contribution in [0.3, 0.4) is 0 Å². The van der Waals surface area contributed by atoms with Gasteiger partial charge in [0.15, 0.2) is 12.1 Å². The Labute approximate surface area is 156 Å². The fraction of sp³-hybridized carbons (Fsp3) is 0.250. The van der Waals surface area contributed by atoms with Crippen molar-refractivity contribution < 1.29 is 14.2 Å². The average Bonchev–Trinajstić information content (AvgIpc) is 3.12. The molecule has 0 amide bonds. The molecule has 0 aliphatic carbocycles. The van der Waals surface area contributed by atoms with Crippen molar-refractivity contribution in [1.29, 1.82) is 0 Å². The Kier molecular flexibility index (Phi) is 4.79. The highest BCUT2D eigenvalue weighted by Crippen LogP contribution is 2.28. The van der Waals surface area contributed by atoms with Crippen LogP contribution in [0.25, 0.3) is 11.4 Å². The molecule has 2 unspecified atom stereocenters. The number of halogens is 1. The summed E-state index contributed by atoms with van der Waals surface area (Å²) in [5.41, 5.74) is 1.99. The molecule has 7 heteroatoms.